The van der Waals surface area contributed by atoms with Crippen molar-refractivity contribution in [1.82, 2.24) is 5.32 Å². The highest BCUT2D eigenvalue weighted by atomic mass is 32.1. The molecule has 25 heavy (non-hydrogen) atoms. The first-order chi connectivity index (χ1) is 12.0. The van der Waals surface area contributed by atoms with Gasteiger partial charge < -0.3 is 10.6 Å². The number of anilines is 1. The number of nitrogens with zero attached hydrogens (tertiary/aromatic N) is 1. The maximum Gasteiger partial charge on any atom is 0.248 e. The third-order valence-corrected chi connectivity index (χ3v) is 5.00. The summed E-state index contributed by atoms with van der Waals surface area (Å²) >= 11 is 4.71. The van der Waals surface area contributed by atoms with E-state index in [2.05, 4.69) is 24.4 Å². The first-order valence-corrected chi connectivity index (χ1v) is 8.92. The van der Waals surface area contributed by atoms with Gasteiger partial charge in [-0.3, -0.25) is 10.1 Å². The Hall–Kier alpha value is -2.24. The van der Waals surface area contributed by atoms with Crippen LogP contribution in [-0.2, 0) is 11.2 Å². The zero-order valence-corrected chi connectivity index (χ0v) is 15.3. The lowest BCUT2D eigenvalue weighted by atomic mass is 9.93. The van der Waals surface area contributed by atoms with Gasteiger partial charge in [0.15, 0.2) is 0 Å². The molecule has 130 valence electrons. The molecule has 0 radical (unpaired) electrons. The maximum absolute atomic E-state index is 12.2. The number of aryl methyl sites for hydroxylation is 1. The van der Waals surface area contributed by atoms with Crippen molar-refractivity contribution in [3.8, 4) is 0 Å². The lowest BCUT2D eigenvalue weighted by Gasteiger charge is -2.41. The Kier molecular flexibility index (Phi) is 5.16. The van der Waals surface area contributed by atoms with Crippen LogP contribution in [0.25, 0.3) is 0 Å². The van der Waals surface area contributed by atoms with Gasteiger partial charge >= 0.3 is 0 Å². The van der Waals surface area contributed by atoms with Crippen molar-refractivity contribution in [2.75, 3.05) is 4.90 Å². The highest BCUT2D eigenvalue weighted by Crippen LogP contribution is 2.35. The largest absolute Gasteiger partial charge is 0.366 e. The highest BCUT2D eigenvalue weighted by molar-refractivity contribution is 7.81. The molecule has 4 nitrogen and oxygen atoms in total. The summed E-state index contributed by atoms with van der Waals surface area (Å²) in [6.07, 6.45) is 0.979. The third kappa shape index (κ3) is 3.43. The molecule has 1 heterocycles. The summed E-state index contributed by atoms with van der Waals surface area (Å²) in [6.45, 7) is 4.04. The molecule has 0 saturated heterocycles. The van der Waals surface area contributed by atoms with Gasteiger partial charge in [0, 0.05) is 11.4 Å². The molecule has 0 spiro atoms. The average molecular weight is 353 g/mol. The molecular formula is C20H23N3OS. The summed E-state index contributed by atoms with van der Waals surface area (Å²) in [6, 6.07) is 17.9. The Morgan fingerprint density at radius 3 is 2.36 bits per heavy atom. The lowest BCUT2D eigenvalue weighted by Crippen LogP contribution is -2.50. The van der Waals surface area contributed by atoms with Gasteiger partial charge in [0.25, 0.3) is 0 Å². The summed E-state index contributed by atoms with van der Waals surface area (Å²) in [5, 5.41) is 3.41. The lowest BCUT2D eigenvalue weighted by molar-refractivity contribution is -0.115. The van der Waals surface area contributed by atoms with E-state index in [9.17, 15) is 4.79 Å². The number of nitrogens with one attached hydrogen (secondary N) is 1. The number of hydrogen-bond donors (Lipinski definition) is 3. The summed E-state index contributed by atoms with van der Waals surface area (Å²) in [7, 11) is 0. The molecule has 1 aliphatic rings. The fourth-order valence-corrected chi connectivity index (χ4v) is 3.74. The average Bonchev–Trinajstić information content (AvgIpc) is 2.62. The Balaban J connectivity index is 2.06. The molecule has 2 atom stereocenters. The molecule has 3 rings (SSSR count). The number of amides is 1. The third-order valence-electron chi connectivity index (χ3n) is 4.62. The van der Waals surface area contributed by atoms with Crippen LogP contribution in [-0.4, -0.2) is 11.4 Å². The predicted molar refractivity (Wildman–Crippen MR) is 105 cm³/mol. The van der Waals surface area contributed by atoms with Crippen LogP contribution in [0.4, 0.5) is 5.69 Å². The summed E-state index contributed by atoms with van der Waals surface area (Å²) in [5.74, 6) is -0.421. The molecule has 0 aromatic heterocycles. The number of benzene rings is 2. The second-order valence-corrected chi connectivity index (χ2v) is 6.63. The second kappa shape index (κ2) is 7.33. The van der Waals surface area contributed by atoms with Crippen LogP contribution in [0.2, 0.25) is 0 Å². The fourth-order valence-electron chi connectivity index (χ4n) is 3.28. The Morgan fingerprint density at radius 1 is 1.16 bits per heavy atom. The standard InChI is InChI=1S/C20H23N3OS/c1-3-14-9-11-15(12-10-14)18-17(19(21)24)13(2)23(20(25)22-18)16-7-5-4-6-8-16/h4-12,18,20,22,25H,3H2,1-2H3,(H2,21,24). The molecule has 2 aromatic rings. The molecule has 0 fully saturated rings. The number of para-hydroxylation sites is 1. The monoisotopic (exact) mass is 353 g/mol. The van der Waals surface area contributed by atoms with Gasteiger partial charge in [0.05, 0.1) is 11.6 Å². The van der Waals surface area contributed by atoms with E-state index in [0.29, 0.717) is 5.57 Å². The Bertz CT molecular complexity index is 786. The van der Waals surface area contributed by atoms with Crippen molar-refractivity contribution in [3.63, 3.8) is 0 Å². The van der Waals surface area contributed by atoms with E-state index < -0.39 is 5.91 Å². The number of carbonyl (C=O) groups is 1. The van der Waals surface area contributed by atoms with Gasteiger partial charge in [0.2, 0.25) is 5.91 Å². The van der Waals surface area contributed by atoms with Crippen molar-refractivity contribution in [2.45, 2.75) is 31.8 Å². The molecule has 0 saturated carbocycles. The smallest absolute Gasteiger partial charge is 0.248 e. The van der Waals surface area contributed by atoms with E-state index in [0.717, 1.165) is 23.4 Å². The van der Waals surface area contributed by atoms with E-state index in [1.807, 2.05) is 54.3 Å². The number of primary amides is 1. The van der Waals surface area contributed by atoms with Crippen LogP contribution in [0.15, 0.2) is 65.9 Å². The topological polar surface area (TPSA) is 58.4 Å². The summed E-state index contributed by atoms with van der Waals surface area (Å²) < 4.78 is 0. The molecular weight excluding hydrogens is 330 g/mol. The van der Waals surface area contributed by atoms with E-state index in [4.69, 9.17) is 18.4 Å². The van der Waals surface area contributed by atoms with Gasteiger partial charge in [-0.05, 0) is 36.6 Å². The molecule has 5 heteroatoms. The van der Waals surface area contributed by atoms with Crippen LogP contribution in [0.1, 0.15) is 31.0 Å². The van der Waals surface area contributed by atoms with Gasteiger partial charge in [-0.2, -0.15) is 0 Å². The number of nitrogens with two attached hydrogens (primary N) is 1. The first-order valence-electron chi connectivity index (χ1n) is 8.40. The molecule has 3 N–H and O–H groups in total. The fraction of sp³-hybridized carbons (Fsp3) is 0.250. The van der Waals surface area contributed by atoms with Crippen molar-refractivity contribution in [2.24, 2.45) is 5.73 Å². The quantitative estimate of drug-likeness (QED) is 0.739. The van der Waals surface area contributed by atoms with Crippen molar-refractivity contribution in [1.29, 1.82) is 0 Å². The molecule has 1 aliphatic heterocycles. The molecule has 1 amide bonds. The maximum atomic E-state index is 12.2. The Morgan fingerprint density at radius 2 is 1.80 bits per heavy atom. The molecule has 2 aromatic carbocycles. The number of carbonyl (C=O) groups excluding carboxylic acids is 1. The minimum Gasteiger partial charge on any atom is -0.366 e. The van der Waals surface area contributed by atoms with Gasteiger partial charge in [-0.25, -0.2) is 0 Å². The van der Waals surface area contributed by atoms with Gasteiger partial charge in [0.1, 0.15) is 5.50 Å². The first kappa shape index (κ1) is 17.6. The van der Waals surface area contributed by atoms with Crippen LogP contribution in [0, 0.1) is 0 Å². The number of allylic oxidation sites excluding steroid dienone is 1. The van der Waals surface area contributed by atoms with Crippen LogP contribution < -0.4 is 16.0 Å². The van der Waals surface area contributed by atoms with Gasteiger partial charge in [-0.15, -0.1) is 12.6 Å². The number of hydrogen-bond acceptors (Lipinski definition) is 4. The van der Waals surface area contributed by atoms with E-state index in [-0.39, 0.29) is 11.5 Å². The van der Waals surface area contributed by atoms with Crippen LogP contribution in [0.5, 0.6) is 0 Å². The van der Waals surface area contributed by atoms with Gasteiger partial charge in [-0.1, -0.05) is 49.4 Å². The zero-order valence-electron chi connectivity index (χ0n) is 14.4. The SMILES string of the molecule is CCc1ccc(C2NC(S)N(c3ccccc3)C(C)=C2C(N)=O)cc1. The Labute approximate surface area is 154 Å². The predicted octanol–water partition coefficient (Wildman–Crippen LogP) is 3.37. The normalized spacial score (nSPS) is 20.7. The van der Waals surface area contributed by atoms with E-state index in [1.54, 1.807) is 0 Å². The second-order valence-electron chi connectivity index (χ2n) is 6.14. The number of rotatable bonds is 4. The van der Waals surface area contributed by atoms with Crippen LogP contribution in [0.3, 0.4) is 0 Å². The van der Waals surface area contributed by atoms with E-state index >= 15 is 0 Å². The summed E-state index contributed by atoms with van der Waals surface area (Å²) in [5.41, 5.74) is 10.1. The molecule has 0 bridgehead atoms. The van der Waals surface area contributed by atoms with Crippen molar-refractivity contribution >= 4 is 24.2 Å². The minimum absolute atomic E-state index is 0.263. The van der Waals surface area contributed by atoms with Crippen molar-refractivity contribution in [3.05, 3.63) is 77.0 Å². The van der Waals surface area contributed by atoms with Crippen molar-refractivity contribution < 1.29 is 4.79 Å². The minimum atomic E-state index is -0.421. The van der Waals surface area contributed by atoms with Crippen LogP contribution >= 0.6 is 12.6 Å². The zero-order chi connectivity index (χ0) is 18.0. The molecule has 2 unspecified atom stereocenters. The summed E-state index contributed by atoms with van der Waals surface area (Å²) in [4.78, 5) is 14.2. The molecule has 0 aliphatic carbocycles. The number of thiol groups is 1. The highest BCUT2D eigenvalue weighted by Gasteiger charge is 2.34. The van der Waals surface area contributed by atoms with E-state index in [1.165, 1.54) is 5.56 Å².